The molecule has 0 saturated carbocycles. The number of benzene rings is 2. The van der Waals surface area contributed by atoms with Crippen LogP contribution in [0, 0.1) is 13.8 Å². The first-order chi connectivity index (χ1) is 14.3. The second-order valence-electron chi connectivity index (χ2n) is 8.37. The standard InChI is InChI=1S/C24H33NO4S/c1-4-20-6-8-21(9-7-20)14-25(22-11-12-30(27,28)17-22)15-23(26)16-29-24-10-5-18(2)19(3)13-24/h5-10,13,22-23,26H,4,11-12,14-17H2,1-3H3. The van der Waals surface area contributed by atoms with Crippen LogP contribution in [0.1, 0.15) is 35.6 Å². The molecule has 0 radical (unpaired) electrons. The predicted molar refractivity (Wildman–Crippen MR) is 121 cm³/mol. The van der Waals surface area contributed by atoms with Crippen molar-refractivity contribution in [3.63, 3.8) is 0 Å². The molecular formula is C24H33NO4S. The average Bonchev–Trinajstić information content (AvgIpc) is 3.08. The van der Waals surface area contributed by atoms with Gasteiger partial charge in [-0.25, -0.2) is 8.42 Å². The van der Waals surface area contributed by atoms with Crippen LogP contribution >= 0.6 is 0 Å². The van der Waals surface area contributed by atoms with Crippen molar-refractivity contribution >= 4 is 9.84 Å². The van der Waals surface area contributed by atoms with Crippen LogP contribution in [0.5, 0.6) is 5.75 Å². The molecule has 164 valence electrons. The molecule has 0 amide bonds. The van der Waals surface area contributed by atoms with E-state index in [0.29, 0.717) is 19.5 Å². The zero-order valence-electron chi connectivity index (χ0n) is 18.2. The van der Waals surface area contributed by atoms with Gasteiger partial charge in [-0.2, -0.15) is 0 Å². The third-order valence-corrected chi connectivity index (χ3v) is 7.66. The molecule has 0 aliphatic carbocycles. The van der Waals surface area contributed by atoms with Gasteiger partial charge >= 0.3 is 0 Å². The van der Waals surface area contributed by atoms with Gasteiger partial charge in [0.1, 0.15) is 18.5 Å². The molecule has 2 aromatic carbocycles. The van der Waals surface area contributed by atoms with Crippen LogP contribution in [0.25, 0.3) is 0 Å². The molecular weight excluding hydrogens is 398 g/mol. The molecule has 2 unspecified atom stereocenters. The van der Waals surface area contributed by atoms with Crippen molar-refractivity contribution in [3.8, 4) is 5.75 Å². The molecule has 1 saturated heterocycles. The lowest BCUT2D eigenvalue weighted by atomic mass is 10.1. The van der Waals surface area contributed by atoms with E-state index in [-0.39, 0.29) is 24.2 Å². The minimum atomic E-state index is -3.00. The van der Waals surface area contributed by atoms with Crippen molar-refractivity contribution in [1.82, 2.24) is 4.90 Å². The van der Waals surface area contributed by atoms with Gasteiger partial charge in [0, 0.05) is 19.1 Å². The second kappa shape index (κ2) is 9.94. The van der Waals surface area contributed by atoms with E-state index in [0.717, 1.165) is 23.3 Å². The van der Waals surface area contributed by atoms with Crippen LogP contribution in [-0.4, -0.2) is 55.2 Å². The Bertz CT molecular complexity index is 940. The maximum Gasteiger partial charge on any atom is 0.151 e. The summed E-state index contributed by atoms with van der Waals surface area (Å²) in [6, 6.07) is 14.2. The highest BCUT2D eigenvalue weighted by molar-refractivity contribution is 7.91. The summed E-state index contributed by atoms with van der Waals surface area (Å²) >= 11 is 0. The summed E-state index contributed by atoms with van der Waals surface area (Å²) in [5.74, 6) is 1.12. The molecule has 3 rings (SSSR count). The highest BCUT2D eigenvalue weighted by Gasteiger charge is 2.33. The topological polar surface area (TPSA) is 66.8 Å². The van der Waals surface area contributed by atoms with Crippen molar-refractivity contribution in [3.05, 3.63) is 64.7 Å². The minimum Gasteiger partial charge on any atom is -0.491 e. The minimum absolute atomic E-state index is 0.0721. The molecule has 0 aromatic heterocycles. The van der Waals surface area contributed by atoms with E-state index in [2.05, 4.69) is 43.0 Å². The Morgan fingerprint density at radius 2 is 1.80 bits per heavy atom. The third-order valence-electron chi connectivity index (χ3n) is 5.91. The van der Waals surface area contributed by atoms with Gasteiger partial charge < -0.3 is 9.84 Å². The number of ether oxygens (including phenoxy) is 1. The fourth-order valence-electron chi connectivity index (χ4n) is 3.84. The maximum atomic E-state index is 12.0. The zero-order chi connectivity index (χ0) is 21.7. The fraction of sp³-hybridized carbons (Fsp3) is 0.500. The number of sulfone groups is 1. The number of rotatable bonds is 9. The lowest BCUT2D eigenvalue weighted by molar-refractivity contribution is 0.0524. The smallest absolute Gasteiger partial charge is 0.151 e. The lowest BCUT2D eigenvalue weighted by Crippen LogP contribution is -2.42. The summed E-state index contributed by atoms with van der Waals surface area (Å²) in [7, 11) is -3.00. The van der Waals surface area contributed by atoms with Crippen molar-refractivity contribution in [2.24, 2.45) is 0 Å². The molecule has 1 heterocycles. The summed E-state index contributed by atoms with van der Waals surface area (Å²) in [5.41, 5.74) is 4.75. The van der Waals surface area contributed by atoms with E-state index >= 15 is 0 Å². The van der Waals surface area contributed by atoms with Crippen LogP contribution in [0.4, 0.5) is 0 Å². The van der Waals surface area contributed by atoms with E-state index in [4.69, 9.17) is 4.74 Å². The van der Waals surface area contributed by atoms with E-state index < -0.39 is 15.9 Å². The van der Waals surface area contributed by atoms with Crippen LogP contribution in [0.3, 0.4) is 0 Å². The van der Waals surface area contributed by atoms with Gasteiger partial charge in [-0.3, -0.25) is 4.90 Å². The van der Waals surface area contributed by atoms with Crippen molar-refractivity contribution in [1.29, 1.82) is 0 Å². The third kappa shape index (κ3) is 6.30. The number of aliphatic hydroxyl groups excluding tert-OH is 1. The van der Waals surface area contributed by atoms with Gasteiger partial charge in [0.2, 0.25) is 0 Å². The number of hydrogen-bond donors (Lipinski definition) is 1. The Balaban J connectivity index is 1.65. The molecule has 5 nitrogen and oxygen atoms in total. The summed E-state index contributed by atoms with van der Waals surface area (Å²) in [6.07, 6.45) is 0.893. The highest BCUT2D eigenvalue weighted by Crippen LogP contribution is 2.21. The number of hydrogen-bond acceptors (Lipinski definition) is 5. The van der Waals surface area contributed by atoms with E-state index in [9.17, 15) is 13.5 Å². The second-order valence-corrected chi connectivity index (χ2v) is 10.6. The van der Waals surface area contributed by atoms with E-state index in [1.807, 2.05) is 25.1 Å². The van der Waals surface area contributed by atoms with Gasteiger partial charge in [-0.1, -0.05) is 37.3 Å². The molecule has 30 heavy (non-hydrogen) atoms. The summed E-state index contributed by atoms with van der Waals surface area (Å²) in [6.45, 7) is 7.37. The fourth-order valence-corrected chi connectivity index (χ4v) is 5.60. The number of aryl methyl sites for hydroxylation is 3. The van der Waals surface area contributed by atoms with E-state index in [1.165, 1.54) is 11.1 Å². The summed E-state index contributed by atoms with van der Waals surface area (Å²) in [5, 5.41) is 10.6. The largest absolute Gasteiger partial charge is 0.491 e. The monoisotopic (exact) mass is 431 g/mol. The Labute approximate surface area is 180 Å². The summed E-state index contributed by atoms with van der Waals surface area (Å²) in [4.78, 5) is 2.10. The Hall–Kier alpha value is -1.89. The van der Waals surface area contributed by atoms with Crippen molar-refractivity contribution < 1.29 is 18.3 Å². The average molecular weight is 432 g/mol. The Kier molecular flexibility index (Phi) is 7.55. The highest BCUT2D eigenvalue weighted by atomic mass is 32.2. The maximum absolute atomic E-state index is 12.0. The van der Waals surface area contributed by atoms with Crippen LogP contribution in [0.15, 0.2) is 42.5 Å². The van der Waals surface area contributed by atoms with Gasteiger partial charge in [-0.05, 0) is 61.1 Å². The normalized spacial score (nSPS) is 19.2. The Morgan fingerprint density at radius 3 is 2.40 bits per heavy atom. The quantitative estimate of drug-likeness (QED) is 0.660. The van der Waals surface area contributed by atoms with E-state index in [1.54, 1.807) is 0 Å². The van der Waals surface area contributed by atoms with Crippen molar-refractivity contribution in [2.45, 2.75) is 52.3 Å². The summed E-state index contributed by atoms with van der Waals surface area (Å²) < 4.78 is 29.8. The van der Waals surface area contributed by atoms with Gasteiger partial charge in [0.05, 0.1) is 11.5 Å². The number of nitrogens with zero attached hydrogens (tertiary/aromatic N) is 1. The molecule has 2 atom stereocenters. The predicted octanol–water partition coefficient (Wildman–Crippen LogP) is 3.29. The SMILES string of the molecule is CCc1ccc(CN(CC(O)COc2ccc(C)c(C)c2)C2CCS(=O)(=O)C2)cc1. The number of aliphatic hydroxyl groups is 1. The lowest BCUT2D eigenvalue weighted by Gasteiger charge is -2.30. The van der Waals surface area contributed by atoms with Crippen LogP contribution in [0.2, 0.25) is 0 Å². The molecule has 0 bridgehead atoms. The van der Waals surface area contributed by atoms with Crippen LogP contribution in [-0.2, 0) is 22.8 Å². The molecule has 6 heteroatoms. The molecule has 1 fully saturated rings. The molecule has 0 spiro atoms. The first kappa shape index (κ1) is 22.8. The van der Waals surface area contributed by atoms with Crippen molar-refractivity contribution in [2.75, 3.05) is 24.7 Å². The first-order valence-electron chi connectivity index (χ1n) is 10.7. The van der Waals surface area contributed by atoms with Gasteiger partial charge in [0.25, 0.3) is 0 Å². The molecule has 1 aliphatic rings. The molecule has 2 aromatic rings. The molecule has 1 N–H and O–H groups in total. The Morgan fingerprint density at radius 1 is 1.10 bits per heavy atom. The zero-order valence-corrected chi connectivity index (χ0v) is 19.0. The van der Waals surface area contributed by atoms with Gasteiger partial charge in [0.15, 0.2) is 9.84 Å². The molecule has 1 aliphatic heterocycles. The van der Waals surface area contributed by atoms with Crippen LogP contribution < -0.4 is 4.74 Å². The van der Waals surface area contributed by atoms with Gasteiger partial charge in [-0.15, -0.1) is 0 Å². The first-order valence-corrected chi connectivity index (χ1v) is 12.5.